The van der Waals surface area contributed by atoms with Gasteiger partial charge in [0.2, 0.25) is 0 Å². The predicted octanol–water partition coefficient (Wildman–Crippen LogP) is 5.63. The third-order valence-corrected chi connectivity index (χ3v) is 6.71. The number of aromatic nitrogens is 1. The van der Waals surface area contributed by atoms with Gasteiger partial charge in [-0.3, -0.25) is 0 Å². The SMILES string of the molecule is Cc1nc2cc(OCC[C@@H]3CN(C(=O)OCc4ccccc4)CCN3C(=O)OC(C)(C)C)ccc2s1. The van der Waals surface area contributed by atoms with Gasteiger partial charge in [-0.1, -0.05) is 30.3 Å². The van der Waals surface area contributed by atoms with Crippen LogP contribution in [-0.2, 0) is 16.1 Å². The minimum atomic E-state index is -0.606. The van der Waals surface area contributed by atoms with Crippen molar-refractivity contribution in [2.75, 3.05) is 26.2 Å². The lowest BCUT2D eigenvalue weighted by molar-refractivity contribution is -0.00614. The zero-order chi connectivity index (χ0) is 25.7. The minimum absolute atomic E-state index is 0.207. The number of rotatable bonds is 6. The first-order valence-electron chi connectivity index (χ1n) is 12.1. The molecule has 0 aliphatic carbocycles. The fourth-order valence-electron chi connectivity index (χ4n) is 4.06. The highest BCUT2D eigenvalue weighted by molar-refractivity contribution is 7.18. The van der Waals surface area contributed by atoms with Crippen LogP contribution < -0.4 is 4.74 Å². The minimum Gasteiger partial charge on any atom is -0.493 e. The molecule has 0 saturated carbocycles. The van der Waals surface area contributed by atoms with Crippen molar-refractivity contribution in [1.82, 2.24) is 14.8 Å². The quantitative estimate of drug-likeness (QED) is 0.427. The van der Waals surface area contributed by atoms with Gasteiger partial charge in [0.25, 0.3) is 0 Å². The number of aryl methyl sites for hydroxylation is 1. The number of thiazole rings is 1. The molecule has 0 spiro atoms. The van der Waals surface area contributed by atoms with Crippen LogP contribution in [0.25, 0.3) is 10.2 Å². The van der Waals surface area contributed by atoms with E-state index in [9.17, 15) is 9.59 Å². The van der Waals surface area contributed by atoms with Crippen LogP contribution in [0.4, 0.5) is 9.59 Å². The van der Waals surface area contributed by atoms with Gasteiger partial charge in [-0.15, -0.1) is 11.3 Å². The molecular weight excluding hydrogens is 478 g/mol. The Morgan fingerprint density at radius 1 is 1.08 bits per heavy atom. The molecule has 1 atom stereocenters. The highest BCUT2D eigenvalue weighted by atomic mass is 32.1. The zero-order valence-electron chi connectivity index (χ0n) is 21.2. The summed E-state index contributed by atoms with van der Waals surface area (Å²) < 4.78 is 18.3. The van der Waals surface area contributed by atoms with Gasteiger partial charge in [-0.25, -0.2) is 14.6 Å². The van der Waals surface area contributed by atoms with E-state index in [-0.39, 0.29) is 18.7 Å². The highest BCUT2D eigenvalue weighted by Crippen LogP contribution is 2.26. The summed E-state index contributed by atoms with van der Waals surface area (Å²) >= 11 is 1.65. The van der Waals surface area contributed by atoms with Gasteiger partial charge < -0.3 is 24.0 Å². The van der Waals surface area contributed by atoms with Crippen molar-refractivity contribution in [2.24, 2.45) is 0 Å². The van der Waals surface area contributed by atoms with Crippen molar-refractivity contribution in [3.8, 4) is 5.75 Å². The van der Waals surface area contributed by atoms with Crippen molar-refractivity contribution >= 4 is 33.7 Å². The van der Waals surface area contributed by atoms with E-state index in [1.54, 1.807) is 21.1 Å². The van der Waals surface area contributed by atoms with Crippen molar-refractivity contribution in [3.63, 3.8) is 0 Å². The van der Waals surface area contributed by atoms with Gasteiger partial charge in [0, 0.05) is 32.1 Å². The summed E-state index contributed by atoms with van der Waals surface area (Å²) in [7, 11) is 0. The van der Waals surface area contributed by atoms with E-state index in [1.165, 1.54) is 0 Å². The summed E-state index contributed by atoms with van der Waals surface area (Å²) in [6, 6.07) is 15.2. The van der Waals surface area contributed by atoms with Crippen molar-refractivity contribution in [3.05, 3.63) is 59.1 Å². The number of amides is 2. The van der Waals surface area contributed by atoms with E-state index >= 15 is 0 Å². The Hall–Kier alpha value is -3.33. The van der Waals surface area contributed by atoms with Gasteiger partial charge in [0.15, 0.2) is 0 Å². The zero-order valence-corrected chi connectivity index (χ0v) is 22.0. The molecule has 1 aromatic heterocycles. The molecule has 4 rings (SSSR count). The molecule has 1 saturated heterocycles. The molecule has 2 heterocycles. The summed E-state index contributed by atoms with van der Waals surface area (Å²) in [5.74, 6) is 0.728. The normalized spacial score (nSPS) is 16.2. The second kappa shape index (κ2) is 11.2. The topological polar surface area (TPSA) is 81.2 Å². The number of ether oxygens (including phenoxy) is 3. The Balaban J connectivity index is 1.38. The van der Waals surface area contributed by atoms with Gasteiger partial charge in [-0.05, 0) is 45.4 Å². The van der Waals surface area contributed by atoms with Crippen LogP contribution >= 0.6 is 11.3 Å². The number of carbonyl (C=O) groups is 2. The average molecular weight is 512 g/mol. The molecule has 8 nitrogen and oxygen atoms in total. The maximum absolute atomic E-state index is 12.9. The van der Waals surface area contributed by atoms with Crippen molar-refractivity contribution < 1.29 is 23.8 Å². The summed E-state index contributed by atoms with van der Waals surface area (Å²) in [6.07, 6.45) is -0.238. The van der Waals surface area contributed by atoms with Gasteiger partial charge in [0.05, 0.1) is 27.9 Å². The first-order chi connectivity index (χ1) is 17.2. The van der Waals surface area contributed by atoms with Crippen LogP contribution in [0.1, 0.15) is 37.8 Å². The summed E-state index contributed by atoms with van der Waals surface area (Å²) in [4.78, 5) is 33.6. The van der Waals surface area contributed by atoms with Gasteiger partial charge in [0.1, 0.15) is 18.0 Å². The number of piperazine rings is 1. The van der Waals surface area contributed by atoms with E-state index in [1.807, 2.05) is 76.2 Å². The smallest absolute Gasteiger partial charge is 0.410 e. The summed E-state index contributed by atoms with van der Waals surface area (Å²) in [6.45, 7) is 9.19. The first kappa shape index (κ1) is 25.8. The Bertz CT molecular complexity index is 1190. The lowest BCUT2D eigenvalue weighted by Crippen LogP contribution is -2.57. The fraction of sp³-hybridized carbons (Fsp3) is 0.444. The summed E-state index contributed by atoms with van der Waals surface area (Å²) in [5.41, 5.74) is 1.23. The van der Waals surface area contributed by atoms with E-state index in [2.05, 4.69) is 4.98 Å². The standard InChI is InChI=1S/C27H33N3O5S/c1-19-28-23-16-22(10-11-24(23)36-19)33-15-12-21-17-29(13-14-30(21)26(32)35-27(2,3)4)25(31)34-18-20-8-6-5-7-9-20/h5-11,16,21H,12-15,17-18H2,1-4H3/t21-/m1/s1. The van der Waals surface area contributed by atoms with Crippen LogP contribution in [0.2, 0.25) is 0 Å². The largest absolute Gasteiger partial charge is 0.493 e. The molecular formula is C27H33N3O5S. The van der Waals surface area contributed by atoms with E-state index in [0.717, 1.165) is 26.5 Å². The number of hydrogen-bond acceptors (Lipinski definition) is 7. The van der Waals surface area contributed by atoms with Crippen LogP contribution in [0.15, 0.2) is 48.5 Å². The third kappa shape index (κ3) is 6.87. The maximum Gasteiger partial charge on any atom is 0.410 e. The van der Waals surface area contributed by atoms with E-state index in [0.29, 0.717) is 32.7 Å². The van der Waals surface area contributed by atoms with Crippen LogP contribution in [0, 0.1) is 6.92 Å². The average Bonchev–Trinajstić information content (AvgIpc) is 3.21. The number of nitrogens with zero attached hydrogens (tertiary/aromatic N) is 3. The van der Waals surface area contributed by atoms with Crippen molar-refractivity contribution in [1.29, 1.82) is 0 Å². The number of fused-ring (bicyclic) bond motifs is 1. The third-order valence-electron chi connectivity index (χ3n) is 5.76. The molecule has 0 radical (unpaired) electrons. The van der Waals surface area contributed by atoms with Crippen LogP contribution in [0.3, 0.4) is 0 Å². The summed E-state index contributed by atoms with van der Waals surface area (Å²) in [5, 5.41) is 1.01. The number of hydrogen-bond donors (Lipinski definition) is 0. The molecule has 9 heteroatoms. The second-order valence-corrected chi connectivity index (χ2v) is 11.0. The lowest BCUT2D eigenvalue weighted by atomic mass is 10.1. The van der Waals surface area contributed by atoms with Crippen molar-refractivity contribution in [2.45, 2.75) is 52.4 Å². The lowest BCUT2D eigenvalue weighted by Gasteiger charge is -2.41. The molecule has 1 fully saturated rings. The number of carbonyl (C=O) groups excluding carboxylic acids is 2. The Labute approximate surface area is 215 Å². The molecule has 2 amide bonds. The fourth-order valence-corrected chi connectivity index (χ4v) is 4.87. The molecule has 1 aliphatic rings. The molecule has 1 aliphatic heterocycles. The van der Waals surface area contributed by atoms with Crippen LogP contribution in [-0.4, -0.2) is 64.9 Å². The first-order valence-corrected chi connectivity index (χ1v) is 12.9. The number of benzene rings is 2. The Morgan fingerprint density at radius 2 is 1.86 bits per heavy atom. The molecule has 0 N–H and O–H groups in total. The second-order valence-electron chi connectivity index (χ2n) is 9.81. The molecule has 192 valence electrons. The highest BCUT2D eigenvalue weighted by Gasteiger charge is 2.35. The van der Waals surface area contributed by atoms with Gasteiger partial charge >= 0.3 is 12.2 Å². The molecule has 3 aromatic rings. The van der Waals surface area contributed by atoms with Crippen LogP contribution in [0.5, 0.6) is 5.75 Å². The van der Waals surface area contributed by atoms with E-state index < -0.39 is 11.7 Å². The molecule has 0 bridgehead atoms. The Kier molecular flexibility index (Phi) is 7.98. The monoisotopic (exact) mass is 511 g/mol. The Morgan fingerprint density at radius 3 is 2.61 bits per heavy atom. The molecule has 0 unspecified atom stereocenters. The van der Waals surface area contributed by atoms with E-state index in [4.69, 9.17) is 14.2 Å². The van der Waals surface area contributed by atoms with Gasteiger partial charge in [-0.2, -0.15) is 0 Å². The maximum atomic E-state index is 12.9. The molecule has 36 heavy (non-hydrogen) atoms. The molecule has 2 aromatic carbocycles. The predicted molar refractivity (Wildman–Crippen MR) is 139 cm³/mol.